The Balaban J connectivity index is 1.13. The summed E-state index contributed by atoms with van der Waals surface area (Å²) in [5, 5.41) is 7.60. The van der Waals surface area contributed by atoms with Gasteiger partial charge in [-0.25, -0.2) is 0 Å². The fourth-order valence-corrected chi connectivity index (χ4v) is 9.62. The Bertz CT molecular complexity index is 3430. The van der Waals surface area contributed by atoms with E-state index in [9.17, 15) is 0 Å². The normalized spacial score (nSPS) is 13.2. The smallest absolute Gasteiger partial charge is 0.0624 e. The van der Waals surface area contributed by atoms with Gasteiger partial charge in [0, 0.05) is 55.0 Å². The topological polar surface area (TPSA) is 14.8 Å². The lowest BCUT2D eigenvalue weighted by Crippen LogP contribution is -2.00. The van der Waals surface area contributed by atoms with Crippen LogP contribution in [0.25, 0.3) is 105 Å². The first-order chi connectivity index (χ1) is 28.3. The Morgan fingerprint density at radius 2 is 0.895 bits per heavy atom. The van der Waals surface area contributed by atoms with Crippen LogP contribution in [-0.2, 0) is 0 Å². The second kappa shape index (κ2) is 12.6. The third-order valence-corrected chi connectivity index (χ3v) is 12.1. The fraction of sp³-hybridized carbons (Fsp3) is 0.0370. The van der Waals surface area contributed by atoms with E-state index in [4.69, 9.17) is 0 Å². The van der Waals surface area contributed by atoms with Crippen LogP contribution >= 0.6 is 0 Å². The first kappa shape index (κ1) is 31.9. The minimum atomic E-state index is 0.996. The largest absolute Gasteiger partial charge is 0.312 e. The van der Waals surface area contributed by atoms with Crippen molar-refractivity contribution in [1.29, 1.82) is 0 Å². The maximum atomic E-state index is 2.56. The average molecular weight is 728 g/mol. The molecule has 1 aliphatic rings. The third-order valence-electron chi connectivity index (χ3n) is 12.1. The van der Waals surface area contributed by atoms with E-state index >= 15 is 0 Å². The lowest BCUT2D eigenvalue weighted by Gasteiger charge is -2.17. The van der Waals surface area contributed by atoms with Crippen LogP contribution in [0.15, 0.2) is 200 Å². The zero-order valence-electron chi connectivity index (χ0n) is 31.3. The van der Waals surface area contributed by atoms with Crippen molar-refractivity contribution in [3.8, 4) is 33.6 Å². The van der Waals surface area contributed by atoms with Crippen molar-refractivity contribution in [2.75, 3.05) is 0 Å². The Labute approximate surface area is 330 Å². The van der Waals surface area contributed by atoms with Gasteiger partial charge in [0.1, 0.15) is 0 Å². The number of rotatable bonds is 5. The van der Waals surface area contributed by atoms with Gasteiger partial charge in [0.2, 0.25) is 0 Å². The number of hydrogen-bond acceptors (Lipinski definition) is 0. The van der Waals surface area contributed by atoms with Crippen LogP contribution in [0.5, 0.6) is 0 Å². The van der Waals surface area contributed by atoms with Crippen molar-refractivity contribution in [2.24, 2.45) is 0 Å². The van der Waals surface area contributed by atoms with E-state index < -0.39 is 0 Å². The van der Waals surface area contributed by atoms with Gasteiger partial charge in [0.25, 0.3) is 0 Å². The molecule has 0 N–H and O–H groups in total. The molecule has 0 saturated heterocycles. The third kappa shape index (κ3) is 4.79. The SMILES string of the molecule is C1=CCCC(n2c3ccccc3c3cc4c(c(-c5ccc(-c6ccc7c(c6)c6ccccc6n7-c6ccccc6)cc5)c32)c2ccccc2n4-c2ccccc2)=C1. The van der Waals surface area contributed by atoms with E-state index in [2.05, 4.69) is 214 Å². The first-order valence-corrected chi connectivity index (χ1v) is 19.9. The second-order valence-corrected chi connectivity index (χ2v) is 15.2. The van der Waals surface area contributed by atoms with Crippen molar-refractivity contribution >= 4 is 71.1 Å². The number of benzene rings is 8. The molecule has 8 aromatic carbocycles. The molecule has 0 saturated carbocycles. The van der Waals surface area contributed by atoms with Crippen LogP contribution in [0.2, 0.25) is 0 Å². The summed E-state index contributed by atoms with van der Waals surface area (Å²) in [5.74, 6) is 0. The van der Waals surface area contributed by atoms with Gasteiger partial charge >= 0.3 is 0 Å². The summed E-state index contributed by atoms with van der Waals surface area (Å²) in [6.07, 6.45) is 8.84. The highest BCUT2D eigenvalue weighted by molar-refractivity contribution is 6.27. The molecular formula is C54H37N3. The highest BCUT2D eigenvalue weighted by atomic mass is 15.0. The van der Waals surface area contributed by atoms with Gasteiger partial charge in [-0.1, -0.05) is 133 Å². The lowest BCUT2D eigenvalue weighted by molar-refractivity contribution is 0.980. The minimum absolute atomic E-state index is 0.996. The zero-order chi connectivity index (χ0) is 37.5. The molecule has 0 radical (unpaired) electrons. The molecule has 12 rings (SSSR count). The standard InChI is InChI=1S/C54H37N3/c1-4-16-39(17-5-1)55-47-25-13-10-22-42(47)45-34-38(32-33-50(45)55)36-28-30-37(31-29-36)52-53-44-24-12-15-27-49(44)56(40-18-6-2-7-19-40)51(53)35-46-43-23-11-14-26-48(43)57(54(46)52)41-20-8-3-9-21-41/h1-8,10-20,22-35H,9,21H2. The van der Waals surface area contributed by atoms with E-state index in [1.54, 1.807) is 0 Å². The lowest BCUT2D eigenvalue weighted by atomic mass is 9.94. The number of para-hydroxylation sites is 5. The highest BCUT2D eigenvalue weighted by Crippen LogP contribution is 2.47. The molecule has 57 heavy (non-hydrogen) atoms. The zero-order valence-corrected chi connectivity index (χ0v) is 31.3. The van der Waals surface area contributed by atoms with Crippen molar-refractivity contribution in [3.63, 3.8) is 0 Å². The Kier molecular flexibility index (Phi) is 7.05. The Morgan fingerprint density at radius 3 is 1.56 bits per heavy atom. The van der Waals surface area contributed by atoms with Crippen LogP contribution in [-0.4, -0.2) is 13.7 Å². The summed E-state index contributed by atoms with van der Waals surface area (Å²) >= 11 is 0. The van der Waals surface area contributed by atoms with Crippen molar-refractivity contribution < 1.29 is 0 Å². The Morgan fingerprint density at radius 1 is 0.368 bits per heavy atom. The summed E-state index contributed by atoms with van der Waals surface area (Å²) < 4.78 is 7.39. The number of hydrogen-bond donors (Lipinski definition) is 0. The molecule has 0 spiro atoms. The highest BCUT2D eigenvalue weighted by Gasteiger charge is 2.25. The first-order valence-electron chi connectivity index (χ1n) is 19.9. The number of aromatic nitrogens is 3. The Hall–Kier alpha value is -7.36. The van der Waals surface area contributed by atoms with Crippen LogP contribution < -0.4 is 0 Å². The maximum Gasteiger partial charge on any atom is 0.0624 e. The molecule has 0 bridgehead atoms. The molecule has 3 heterocycles. The van der Waals surface area contributed by atoms with Crippen molar-refractivity contribution in [3.05, 3.63) is 200 Å². The van der Waals surface area contributed by atoms with Crippen LogP contribution in [0.3, 0.4) is 0 Å². The van der Waals surface area contributed by atoms with Crippen molar-refractivity contribution in [1.82, 2.24) is 13.7 Å². The second-order valence-electron chi connectivity index (χ2n) is 15.2. The molecule has 268 valence electrons. The summed E-state index contributed by atoms with van der Waals surface area (Å²) in [7, 11) is 0. The van der Waals surface area contributed by atoms with E-state index in [0.29, 0.717) is 0 Å². The van der Waals surface area contributed by atoms with Gasteiger partial charge in [-0.2, -0.15) is 0 Å². The molecule has 0 unspecified atom stereocenters. The van der Waals surface area contributed by atoms with Gasteiger partial charge in [-0.15, -0.1) is 0 Å². The van der Waals surface area contributed by atoms with Gasteiger partial charge in [-0.3, -0.25) is 0 Å². The van der Waals surface area contributed by atoms with Gasteiger partial charge in [0.05, 0.1) is 33.1 Å². The predicted octanol–water partition coefficient (Wildman–Crippen LogP) is 14.5. The number of allylic oxidation sites excluding steroid dienone is 4. The van der Waals surface area contributed by atoms with Crippen LogP contribution in [0.1, 0.15) is 12.8 Å². The van der Waals surface area contributed by atoms with Gasteiger partial charge in [0.15, 0.2) is 0 Å². The van der Waals surface area contributed by atoms with Crippen LogP contribution in [0.4, 0.5) is 0 Å². The molecule has 3 aromatic heterocycles. The van der Waals surface area contributed by atoms with Gasteiger partial charge < -0.3 is 13.7 Å². The average Bonchev–Trinajstić information content (AvgIpc) is 3.92. The predicted molar refractivity (Wildman–Crippen MR) is 242 cm³/mol. The maximum absolute atomic E-state index is 2.56. The quantitative estimate of drug-likeness (QED) is 0.168. The van der Waals surface area contributed by atoms with Crippen LogP contribution in [0, 0.1) is 0 Å². The van der Waals surface area contributed by atoms with Crippen molar-refractivity contribution in [2.45, 2.75) is 12.8 Å². The monoisotopic (exact) mass is 727 g/mol. The molecule has 1 aliphatic carbocycles. The molecule has 3 heteroatoms. The summed E-state index contributed by atoms with van der Waals surface area (Å²) in [4.78, 5) is 0. The molecule has 11 aromatic rings. The molecule has 3 nitrogen and oxygen atoms in total. The molecule has 0 amide bonds. The van der Waals surface area contributed by atoms with E-state index in [0.717, 1.165) is 18.5 Å². The summed E-state index contributed by atoms with van der Waals surface area (Å²) in [5.41, 5.74) is 15.9. The summed E-state index contributed by atoms with van der Waals surface area (Å²) in [6, 6.07) is 66.9. The summed E-state index contributed by atoms with van der Waals surface area (Å²) in [6.45, 7) is 0. The number of fused-ring (bicyclic) bond motifs is 9. The van der Waals surface area contributed by atoms with E-state index in [1.165, 1.54) is 99.1 Å². The molecule has 0 fully saturated rings. The van der Waals surface area contributed by atoms with E-state index in [1.807, 2.05) is 0 Å². The molecule has 0 aliphatic heterocycles. The minimum Gasteiger partial charge on any atom is -0.312 e. The van der Waals surface area contributed by atoms with Gasteiger partial charge in [-0.05, 0) is 96.3 Å². The number of nitrogens with zero attached hydrogens (tertiary/aromatic N) is 3. The fourth-order valence-electron chi connectivity index (χ4n) is 9.62. The molecular weight excluding hydrogens is 691 g/mol. The van der Waals surface area contributed by atoms with E-state index in [-0.39, 0.29) is 0 Å². The molecule has 0 atom stereocenters.